The fraction of sp³-hybridized carbons (Fsp3) is 0.650. The highest BCUT2D eigenvalue weighted by molar-refractivity contribution is 8.16. The molecule has 25 heavy (non-hydrogen) atoms. The third-order valence-electron chi connectivity index (χ3n) is 6.03. The lowest BCUT2D eigenvalue weighted by Crippen LogP contribution is -2.63. The zero-order valence-corrected chi connectivity index (χ0v) is 16.9. The van der Waals surface area contributed by atoms with Gasteiger partial charge < -0.3 is 0 Å². The molecule has 2 unspecified atom stereocenters. The summed E-state index contributed by atoms with van der Waals surface area (Å²) in [5.41, 5.74) is 0.735. The number of hydrogen-bond acceptors (Lipinski definition) is 5. The Balaban J connectivity index is 1.98. The van der Waals surface area contributed by atoms with E-state index in [9.17, 15) is 14.4 Å². The average Bonchev–Trinajstić information content (AvgIpc) is 2.44. The van der Waals surface area contributed by atoms with Gasteiger partial charge in [-0.3, -0.25) is 14.4 Å². The van der Waals surface area contributed by atoms with Crippen LogP contribution in [0.3, 0.4) is 0 Å². The molecule has 0 aromatic rings. The summed E-state index contributed by atoms with van der Waals surface area (Å²) < 4.78 is -0.465. The van der Waals surface area contributed by atoms with Gasteiger partial charge in [0.2, 0.25) is 10.2 Å². The largest absolute Gasteiger partial charge is 0.299 e. The van der Waals surface area contributed by atoms with Gasteiger partial charge in [0.05, 0.1) is 0 Å². The van der Waals surface area contributed by atoms with E-state index in [1.165, 1.54) is 23.5 Å². The summed E-state index contributed by atoms with van der Waals surface area (Å²) in [5.74, 6) is 0.632. The topological polar surface area (TPSA) is 51.2 Å². The molecule has 4 aliphatic carbocycles. The third kappa shape index (κ3) is 3.30. The standard InChI is InChI=1S/C20H26O3S2/c1-12(2)16(22)24-19-7-15-6-18(9-19,14(5)21)10-20(8-15,11-19)25-17(23)13(3)4/h15H,1,3,6-11H2,2,4-5H3. The van der Waals surface area contributed by atoms with Crippen molar-refractivity contribution >= 4 is 39.5 Å². The van der Waals surface area contributed by atoms with E-state index in [0.29, 0.717) is 17.1 Å². The van der Waals surface area contributed by atoms with Gasteiger partial charge >= 0.3 is 0 Å². The van der Waals surface area contributed by atoms with E-state index in [4.69, 9.17) is 0 Å². The second-order valence-corrected chi connectivity index (χ2v) is 11.4. The van der Waals surface area contributed by atoms with E-state index in [1.807, 2.05) is 0 Å². The number of thioether (sulfide) groups is 2. The molecular weight excluding hydrogens is 352 g/mol. The van der Waals surface area contributed by atoms with Crippen molar-refractivity contribution in [3.63, 3.8) is 0 Å². The van der Waals surface area contributed by atoms with Crippen molar-refractivity contribution in [1.82, 2.24) is 0 Å². The van der Waals surface area contributed by atoms with Gasteiger partial charge in [0.25, 0.3) is 0 Å². The van der Waals surface area contributed by atoms with Crippen LogP contribution in [0.4, 0.5) is 0 Å². The maximum absolute atomic E-state index is 12.6. The van der Waals surface area contributed by atoms with E-state index in [-0.39, 0.29) is 30.9 Å². The van der Waals surface area contributed by atoms with Crippen molar-refractivity contribution in [3.8, 4) is 0 Å². The highest BCUT2D eigenvalue weighted by Gasteiger charge is 2.66. The van der Waals surface area contributed by atoms with Crippen LogP contribution in [-0.4, -0.2) is 25.5 Å². The van der Waals surface area contributed by atoms with Crippen molar-refractivity contribution in [2.24, 2.45) is 11.3 Å². The number of Topliss-reactive ketones (excluding diaryl/α,β-unsaturated/α-hetero) is 1. The fourth-order valence-corrected chi connectivity index (χ4v) is 8.71. The zero-order chi connectivity index (χ0) is 18.6. The van der Waals surface area contributed by atoms with Crippen molar-refractivity contribution in [2.75, 3.05) is 0 Å². The number of rotatable bonds is 5. The first-order chi connectivity index (χ1) is 11.5. The lowest BCUT2D eigenvalue weighted by atomic mass is 9.48. The fourth-order valence-electron chi connectivity index (χ4n) is 5.45. The molecule has 136 valence electrons. The van der Waals surface area contributed by atoms with Crippen LogP contribution < -0.4 is 0 Å². The van der Waals surface area contributed by atoms with Gasteiger partial charge in [-0.2, -0.15) is 0 Å². The van der Waals surface area contributed by atoms with Crippen LogP contribution in [0.5, 0.6) is 0 Å². The Morgan fingerprint density at radius 3 is 1.60 bits per heavy atom. The molecule has 0 N–H and O–H groups in total. The molecule has 4 fully saturated rings. The Morgan fingerprint density at radius 2 is 1.24 bits per heavy atom. The molecule has 0 heterocycles. The first-order valence-corrected chi connectivity index (χ1v) is 10.4. The Morgan fingerprint density at radius 1 is 0.800 bits per heavy atom. The molecule has 0 spiro atoms. The summed E-state index contributed by atoms with van der Waals surface area (Å²) in [4.78, 5) is 37.5. The molecule has 0 amide bonds. The molecule has 4 saturated carbocycles. The van der Waals surface area contributed by atoms with Crippen LogP contribution >= 0.6 is 23.5 Å². The highest BCUT2D eigenvalue weighted by Crippen LogP contribution is 2.70. The summed E-state index contributed by atoms with van der Waals surface area (Å²) in [6.07, 6.45) is 5.19. The van der Waals surface area contributed by atoms with Gasteiger partial charge in [-0.25, -0.2) is 0 Å². The smallest absolute Gasteiger partial charge is 0.214 e. The molecule has 4 bridgehead atoms. The molecule has 3 nitrogen and oxygen atoms in total. The summed E-state index contributed by atoms with van der Waals surface area (Å²) in [5, 5.41) is 0.0408. The Hall–Kier alpha value is -0.810. The average molecular weight is 379 g/mol. The van der Waals surface area contributed by atoms with E-state index in [2.05, 4.69) is 13.2 Å². The van der Waals surface area contributed by atoms with Crippen LogP contribution in [0, 0.1) is 11.3 Å². The van der Waals surface area contributed by atoms with Crippen molar-refractivity contribution in [2.45, 2.75) is 68.8 Å². The first kappa shape index (κ1) is 19.0. The van der Waals surface area contributed by atoms with Gasteiger partial charge in [-0.15, -0.1) is 0 Å². The van der Waals surface area contributed by atoms with Crippen molar-refractivity contribution in [3.05, 3.63) is 24.3 Å². The van der Waals surface area contributed by atoms with Gasteiger partial charge in [0.1, 0.15) is 5.78 Å². The van der Waals surface area contributed by atoms with Crippen LogP contribution in [0.25, 0.3) is 0 Å². The van der Waals surface area contributed by atoms with E-state index < -0.39 is 0 Å². The number of carbonyl (C=O) groups excluding carboxylic acids is 3. The highest BCUT2D eigenvalue weighted by atomic mass is 32.2. The molecule has 0 saturated heterocycles. The number of hydrogen-bond donors (Lipinski definition) is 0. The molecular formula is C20H26O3S2. The molecule has 0 aliphatic heterocycles. The second-order valence-electron chi connectivity index (χ2n) is 8.55. The monoisotopic (exact) mass is 378 g/mol. The zero-order valence-electron chi connectivity index (χ0n) is 15.3. The predicted molar refractivity (Wildman–Crippen MR) is 105 cm³/mol. The SMILES string of the molecule is C=C(C)C(=O)SC12CC3CC(SC(=O)C(=C)C)(C1)CC(C(C)=O)(C3)C2. The van der Waals surface area contributed by atoms with Gasteiger partial charge in [-0.1, -0.05) is 36.7 Å². The molecule has 5 heteroatoms. The Kier molecular flexibility index (Phi) is 4.64. The maximum Gasteiger partial charge on any atom is 0.214 e. The van der Waals surface area contributed by atoms with Crippen LogP contribution in [0.1, 0.15) is 59.3 Å². The first-order valence-electron chi connectivity index (χ1n) is 8.79. The van der Waals surface area contributed by atoms with Crippen LogP contribution in [-0.2, 0) is 14.4 Å². The van der Waals surface area contributed by atoms with Gasteiger partial charge in [-0.05, 0) is 76.4 Å². The van der Waals surface area contributed by atoms with E-state index >= 15 is 0 Å². The predicted octanol–water partition coefficient (Wildman–Crippen LogP) is 4.71. The molecule has 0 aromatic heterocycles. The minimum atomic E-state index is -0.371. The molecule has 0 radical (unpaired) electrons. The quantitative estimate of drug-likeness (QED) is 0.649. The Labute approximate surface area is 158 Å². The molecule has 4 rings (SSSR count). The van der Waals surface area contributed by atoms with Crippen LogP contribution in [0.15, 0.2) is 24.3 Å². The maximum atomic E-state index is 12.6. The molecule has 4 aliphatic rings. The molecule has 2 atom stereocenters. The summed E-state index contributed by atoms with van der Waals surface area (Å²) in [6, 6.07) is 0. The third-order valence-corrected chi connectivity index (χ3v) is 8.87. The Bertz CT molecular complexity index is 649. The van der Waals surface area contributed by atoms with E-state index in [0.717, 1.165) is 38.5 Å². The van der Waals surface area contributed by atoms with E-state index in [1.54, 1.807) is 20.8 Å². The minimum Gasteiger partial charge on any atom is -0.299 e. The number of carbonyl (C=O) groups is 3. The van der Waals surface area contributed by atoms with Crippen LogP contribution in [0.2, 0.25) is 0 Å². The summed E-state index contributed by atoms with van der Waals surface area (Å²) in [7, 11) is 0. The van der Waals surface area contributed by atoms with Gasteiger partial charge in [0.15, 0.2) is 0 Å². The normalized spacial score (nSPS) is 38.4. The van der Waals surface area contributed by atoms with Crippen molar-refractivity contribution < 1.29 is 14.4 Å². The lowest BCUT2D eigenvalue weighted by molar-refractivity contribution is -0.138. The minimum absolute atomic E-state index is 0.0204. The summed E-state index contributed by atoms with van der Waals surface area (Å²) in [6.45, 7) is 12.7. The molecule has 0 aromatic carbocycles. The second kappa shape index (κ2) is 6.12. The van der Waals surface area contributed by atoms with Gasteiger partial charge in [0, 0.05) is 14.9 Å². The summed E-state index contributed by atoms with van der Waals surface area (Å²) >= 11 is 2.75. The van der Waals surface area contributed by atoms with Crippen molar-refractivity contribution in [1.29, 1.82) is 0 Å². The number of ketones is 1. The lowest BCUT2D eigenvalue weighted by Gasteiger charge is -2.65.